The molecular formula is C29H33N7O5. The largest absolute Gasteiger partial charge is 0.493 e. The first kappa shape index (κ1) is 27.7. The van der Waals surface area contributed by atoms with Crippen LogP contribution in [0.15, 0.2) is 47.7 Å². The van der Waals surface area contributed by atoms with E-state index in [0.29, 0.717) is 47.8 Å². The van der Waals surface area contributed by atoms with Crippen molar-refractivity contribution < 1.29 is 23.9 Å². The highest BCUT2D eigenvalue weighted by Gasteiger charge is 2.34. The number of ether oxygens (including phenoxy) is 2. The highest BCUT2D eigenvalue weighted by molar-refractivity contribution is 6.04. The summed E-state index contributed by atoms with van der Waals surface area (Å²) in [6.07, 6.45) is 6.47. The van der Waals surface area contributed by atoms with E-state index in [-0.39, 0.29) is 48.4 Å². The second kappa shape index (κ2) is 11.3. The fourth-order valence-electron chi connectivity index (χ4n) is 4.89. The number of hydrogen-bond acceptors (Lipinski definition) is 7. The normalized spacial score (nSPS) is 15.8. The molecule has 0 aliphatic carbocycles. The summed E-state index contributed by atoms with van der Waals surface area (Å²) in [5.41, 5.74) is 3.64. The Balaban J connectivity index is 1.15. The standard InChI is InChI=1S/C29H33N7O5/c1-17-9-20-13-30-22-12-24(23(40-5)11-21(22)29(39)36(20)14-17)41-8-6-7-26(37)32-25-16-35(4)27(33-25)28(38)31-19-10-18(2)34(3)15-19/h10-13,15-16,20H,1,6-9,14H2,2-5H3,(H,31,38)(H,32,37)/t20-/m1/s1. The summed E-state index contributed by atoms with van der Waals surface area (Å²) in [6.45, 7) is 6.69. The minimum absolute atomic E-state index is 0.103. The molecule has 12 nitrogen and oxygen atoms in total. The van der Waals surface area contributed by atoms with Crippen molar-refractivity contribution in [3.63, 3.8) is 0 Å². The highest BCUT2D eigenvalue weighted by atomic mass is 16.5. The van der Waals surface area contributed by atoms with Gasteiger partial charge in [-0.25, -0.2) is 4.98 Å². The third-order valence-corrected chi connectivity index (χ3v) is 7.12. The number of carbonyl (C=O) groups is 3. The van der Waals surface area contributed by atoms with Crippen LogP contribution < -0.4 is 20.1 Å². The molecule has 3 amide bonds. The number of hydrogen-bond donors (Lipinski definition) is 2. The molecule has 0 unspecified atom stereocenters. The molecule has 3 aromatic rings. The number of aromatic nitrogens is 3. The SMILES string of the molecule is C=C1C[C@@H]2C=Nc3cc(OCCCC(=O)Nc4cn(C)c(C(=O)Nc5cc(C)n(C)c5)n4)c(OC)cc3C(=O)N2C1. The Morgan fingerprint density at radius 1 is 1.12 bits per heavy atom. The fourth-order valence-corrected chi connectivity index (χ4v) is 4.89. The molecule has 1 saturated heterocycles. The Bertz CT molecular complexity index is 1550. The van der Waals surface area contributed by atoms with E-state index in [9.17, 15) is 14.4 Å². The zero-order chi connectivity index (χ0) is 29.3. The van der Waals surface area contributed by atoms with Gasteiger partial charge in [0.2, 0.25) is 11.7 Å². The molecule has 0 radical (unpaired) electrons. The Labute approximate surface area is 237 Å². The summed E-state index contributed by atoms with van der Waals surface area (Å²) < 4.78 is 14.9. The maximum Gasteiger partial charge on any atom is 0.291 e. The number of fused-ring (bicyclic) bond motifs is 2. The van der Waals surface area contributed by atoms with Crippen molar-refractivity contribution in [3.8, 4) is 11.5 Å². The number of imidazole rings is 1. The van der Waals surface area contributed by atoms with E-state index in [0.717, 1.165) is 11.3 Å². The second-order valence-electron chi connectivity index (χ2n) is 10.2. The maximum absolute atomic E-state index is 13.1. The van der Waals surface area contributed by atoms with E-state index in [1.165, 1.54) is 7.11 Å². The number of carbonyl (C=O) groups excluding carboxylic acids is 3. The van der Waals surface area contributed by atoms with Crippen LogP contribution in [0.4, 0.5) is 17.2 Å². The lowest BCUT2D eigenvalue weighted by Crippen LogP contribution is -2.35. The van der Waals surface area contributed by atoms with Crippen molar-refractivity contribution in [1.29, 1.82) is 0 Å². The van der Waals surface area contributed by atoms with Crippen molar-refractivity contribution in [1.82, 2.24) is 19.0 Å². The van der Waals surface area contributed by atoms with Crippen LogP contribution in [0.25, 0.3) is 0 Å². The lowest BCUT2D eigenvalue weighted by Gasteiger charge is -2.20. The van der Waals surface area contributed by atoms with Gasteiger partial charge in [-0.1, -0.05) is 12.2 Å². The first-order chi connectivity index (χ1) is 19.6. The number of anilines is 2. The minimum Gasteiger partial charge on any atom is -0.493 e. The zero-order valence-corrected chi connectivity index (χ0v) is 23.6. The molecule has 2 N–H and O–H groups in total. The molecule has 2 aliphatic heterocycles. The number of rotatable bonds is 9. The van der Waals surface area contributed by atoms with Crippen LogP contribution in [0.1, 0.15) is 45.9 Å². The summed E-state index contributed by atoms with van der Waals surface area (Å²) in [5.74, 6) is 0.559. The molecule has 2 aromatic heterocycles. The van der Waals surface area contributed by atoms with Gasteiger partial charge in [0.25, 0.3) is 11.8 Å². The third kappa shape index (κ3) is 5.86. The van der Waals surface area contributed by atoms with E-state index in [4.69, 9.17) is 9.47 Å². The molecule has 12 heteroatoms. The molecule has 0 saturated carbocycles. The molecular weight excluding hydrogens is 526 g/mol. The van der Waals surface area contributed by atoms with Gasteiger partial charge in [-0.3, -0.25) is 19.4 Å². The van der Waals surface area contributed by atoms with Crippen molar-refractivity contribution in [2.24, 2.45) is 19.1 Å². The van der Waals surface area contributed by atoms with Crippen molar-refractivity contribution in [2.75, 3.05) is 30.9 Å². The van der Waals surface area contributed by atoms with Crippen LogP contribution in [-0.2, 0) is 18.9 Å². The molecule has 5 rings (SSSR count). The van der Waals surface area contributed by atoms with E-state index in [1.807, 2.05) is 30.8 Å². The van der Waals surface area contributed by atoms with Crippen LogP contribution in [0.2, 0.25) is 0 Å². The summed E-state index contributed by atoms with van der Waals surface area (Å²) in [5, 5.41) is 5.54. The monoisotopic (exact) mass is 559 g/mol. The molecule has 1 aromatic carbocycles. The van der Waals surface area contributed by atoms with Gasteiger partial charge in [0, 0.05) is 57.4 Å². The Morgan fingerprint density at radius 2 is 1.93 bits per heavy atom. The van der Waals surface area contributed by atoms with Gasteiger partial charge in [-0.15, -0.1) is 0 Å². The van der Waals surface area contributed by atoms with E-state index >= 15 is 0 Å². The van der Waals surface area contributed by atoms with Crippen LogP contribution in [0, 0.1) is 6.92 Å². The van der Waals surface area contributed by atoms with Crippen molar-refractivity contribution in [2.45, 2.75) is 32.2 Å². The first-order valence-electron chi connectivity index (χ1n) is 13.3. The third-order valence-electron chi connectivity index (χ3n) is 7.12. The molecule has 4 heterocycles. The average Bonchev–Trinajstić information content (AvgIpc) is 3.57. The van der Waals surface area contributed by atoms with Gasteiger partial charge in [0.15, 0.2) is 17.3 Å². The zero-order valence-electron chi connectivity index (χ0n) is 23.6. The van der Waals surface area contributed by atoms with Crippen LogP contribution in [-0.4, -0.2) is 69.3 Å². The lowest BCUT2D eigenvalue weighted by molar-refractivity contribution is -0.116. The number of benzene rings is 1. The van der Waals surface area contributed by atoms with Gasteiger partial charge >= 0.3 is 0 Å². The molecule has 0 bridgehead atoms. The number of methoxy groups -OCH3 is 1. The molecule has 1 fully saturated rings. The van der Waals surface area contributed by atoms with Crippen LogP contribution in [0.3, 0.4) is 0 Å². The van der Waals surface area contributed by atoms with Gasteiger partial charge < -0.3 is 34.1 Å². The van der Waals surface area contributed by atoms with Gasteiger partial charge in [0.05, 0.1) is 36.7 Å². The Morgan fingerprint density at radius 3 is 2.66 bits per heavy atom. The van der Waals surface area contributed by atoms with E-state index in [2.05, 4.69) is 27.2 Å². The first-order valence-corrected chi connectivity index (χ1v) is 13.3. The number of amides is 3. The number of nitrogens with zero attached hydrogens (tertiary/aromatic N) is 5. The molecule has 0 spiro atoms. The molecule has 1 atom stereocenters. The van der Waals surface area contributed by atoms with Crippen LogP contribution in [0.5, 0.6) is 11.5 Å². The quantitative estimate of drug-likeness (QED) is 0.304. The van der Waals surface area contributed by atoms with Gasteiger partial charge in [-0.2, -0.15) is 0 Å². The van der Waals surface area contributed by atoms with E-state index in [1.54, 1.807) is 41.1 Å². The number of aliphatic imine (C=N–C) groups is 1. The van der Waals surface area contributed by atoms with Crippen LogP contribution >= 0.6 is 0 Å². The van der Waals surface area contributed by atoms with Crippen molar-refractivity contribution in [3.05, 3.63) is 59.8 Å². The highest BCUT2D eigenvalue weighted by Crippen LogP contribution is 2.38. The summed E-state index contributed by atoms with van der Waals surface area (Å²) in [7, 11) is 5.09. The summed E-state index contributed by atoms with van der Waals surface area (Å²) >= 11 is 0. The summed E-state index contributed by atoms with van der Waals surface area (Å²) in [6, 6.07) is 5.10. The molecule has 214 valence electrons. The van der Waals surface area contributed by atoms with Gasteiger partial charge in [0.1, 0.15) is 0 Å². The minimum atomic E-state index is -0.376. The fraction of sp³-hybridized carbons (Fsp3) is 0.345. The Kier molecular flexibility index (Phi) is 7.64. The molecule has 2 aliphatic rings. The van der Waals surface area contributed by atoms with Gasteiger partial charge in [-0.05, 0) is 31.9 Å². The predicted molar refractivity (Wildman–Crippen MR) is 154 cm³/mol. The summed E-state index contributed by atoms with van der Waals surface area (Å²) in [4.78, 5) is 48.9. The average molecular weight is 560 g/mol. The second-order valence-corrected chi connectivity index (χ2v) is 10.2. The number of nitrogens with one attached hydrogen (secondary N) is 2. The lowest BCUT2D eigenvalue weighted by atomic mass is 10.1. The topological polar surface area (TPSA) is 132 Å². The maximum atomic E-state index is 13.1. The predicted octanol–water partition coefficient (Wildman–Crippen LogP) is 3.61. The molecule has 41 heavy (non-hydrogen) atoms. The smallest absolute Gasteiger partial charge is 0.291 e. The number of aryl methyl sites for hydroxylation is 3. The van der Waals surface area contributed by atoms with Crippen molar-refractivity contribution >= 4 is 41.1 Å². The Hall–Kier alpha value is -4.87. The van der Waals surface area contributed by atoms with E-state index < -0.39 is 0 Å².